The second-order valence-corrected chi connectivity index (χ2v) is 21.3. The van der Waals surface area contributed by atoms with E-state index in [-0.39, 0.29) is 12.5 Å². The van der Waals surface area contributed by atoms with Crippen molar-refractivity contribution in [2.45, 2.75) is 206 Å². The van der Waals surface area contributed by atoms with Gasteiger partial charge < -0.3 is 28.8 Å². The molecule has 0 bridgehead atoms. The van der Waals surface area contributed by atoms with Crippen LogP contribution in [-0.4, -0.2) is 68.5 Å². The summed E-state index contributed by atoms with van der Waals surface area (Å²) in [5, 5.41) is 13.8. The summed E-state index contributed by atoms with van der Waals surface area (Å²) in [6, 6.07) is -0.919. The zero-order chi connectivity index (χ0) is 54.2. The second kappa shape index (κ2) is 53.9. The van der Waals surface area contributed by atoms with Gasteiger partial charge in [-0.05, 0) is 116 Å². The number of phosphoric ester groups is 1. The van der Waals surface area contributed by atoms with E-state index in [1.807, 2.05) is 27.2 Å². The van der Waals surface area contributed by atoms with Gasteiger partial charge in [0, 0.05) is 6.42 Å². The number of aliphatic hydroxyl groups excluding tert-OH is 1. The van der Waals surface area contributed by atoms with Crippen LogP contribution < -0.4 is 10.2 Å². The SMILES string of the molecule is CC/C=C\C/C=C\C/C=C\C/C=C\C/C=C\C/C=C\C/C=C\C/C=C\C/C=C\C/C=C\C/C=C\CCCCCCCCCC(=O)NC(COP(=O)([O-])OCC[N+](C)(C)C)C(O)/C=C/CC/C=C/CCCCCCC. The average Bonchev–Trinajstić information content (AvgIpc) is 3.36. The molecule has 0 aliphatic carbocycles. The first-order valence-electron chi connectivity index (χ1n) is 28.8. The number of allylic oxidation sites excluding steroid dienone is 25. The number of hydrogen-bond acceptors (Lipinski definition) is 6. The quantitative estimate of drug-likeness (QED) is 0.0272. The van der Waals surface area contributed by atoms with Gasteiger partial charge in [0.1, 0.15) is 13.2 Å². The summed E-state index contributed by atoms with van der Waals surface area (Å²) in [7, 11) is 1.21. The van der Waals surface area contributed by atoms with Gasteiger partial charge in [-0.15, -0.1) is 0 Å². The number of quaternary nitrogens is 1. The summed E-state index contributed by atoms with van der Waals surface area (Å²) in [5.74, 6) is -0.228. The smallest absolute Gasteiger partial charge is 0.268 e. The van der Waals surface area contributed by atoms with Crippen molar-refractivity contribution in [3.8, 4) is 0 Å². The molecule has 0 aromatic heterocycles. The molecule has 0 aliphatic heterocycles. The molecule has 0 aromatic rings. The zero-order valence-corrected chi connectivity index (χ0v) is 48.4. The fourth-order valence-corrected chi connectivity index (χ4v) is 7.95. The summed E-state index contributed by atoms with van der Waals surface area (Å²) >= 11 is 0. The summed E-state index contributed by atoms with van der Waals surface area (Å²) in [5.41, 5.74) is 0. The number of phosphoric acid groups is 1. The van der Waals surface area contributed by atoms with Crippen molar-refractivity contribution in [3.05, 3.63) is 158 Å². The van der Waals surface area contributed by atoms with Gasteiger partial charge in [-0.1, -0.05) is 230 Å². The van der Waals surface area contributed by atoms with Crippen molar-refractivity contribution in [2.75, 3.05) is 40.9 Å². The minimum Gasteiger partial charge on any atom is -0.756 e. The first-order valence-corrected chi connectivity index (χ1v) is 30.3. The Labute approximate surface area is 454 Å². The van der Waals surface area contributed by atoms with E-state index in [1.54, 1.807) is 6.08 Å². The van der Waals surface area contributed by atoms with Crippen molar-refractivity contribution >= 4 is 13.7 Å². The Kier molecular flexibility index (Phi) is 51.1. The molecule has 0 spiro atoms. The normalized spacial score (nSPS) is 15.1. The van der Waals surface area contributed by atoms with Gasteiger partial charge in [-0.25, -0.2) is 0 Å². The largest absolute Gasteiger partial charge is 0.756 e. The highest BCUT2D eigenvalue weighted by Crippen LogP contribution is 2.38. The van der Waals surface area contributed by atoms with Gasteiger partial charge in [0.05, 0.1) is 39.9 Å². The topological polar surface area (TPSA) is 108 Å². The zero-order valence-electron chi connectivity index (χ0n) is 47.5. The number of amides is 1. The van der Waals surface area contributed by atoms with Crippen molar-refractivity contribution in [2.24, 2.45) is 0 Å². The van der Waals surface area contributed by atoms with E-state index in [4.69, 9.17) is 9.05 Å². The molecule has 2 N–H and O–H groups in total. The van der Waals surface area contributed by atoms with Crippen LogP contribution in [0.2, 0.25) is 0 Å². The molecular weight excluding hydrogens is 936 g/mol. The van der Waals surface area contributed by atoms with Crippen LogP contribution in [0.3, 0.4) is 0 Å². The number of nitrogens with one attached hydrogen (secondary N) is 1. The minimum absolute atomic E-state index is 0.0171. The molecule has 9 heteroatoms. The highest BCUT2D eigenvalue weighted by Gasteiger charge is 2.23. The Morgan fingerprint density at radius 1 is 0.486 bits per heavy atom. The van der Waals surface area contributed by atoms with Crippen LogP contribution in [0.15, 0.2) is 158 Å². The molecule has 0 rings (SSSR count). The first-order chi connectivity index (χ1) is 36.0. The maximum atomic E-state index is 12.9. The molecule has 418 valence electrons. The lowest BCUT2D eigenvalue weighted by Crippen LogP contribution is -2.45. The third-order valence-electron chi connectivity index (χ3n) is 11.7. The number of carbonyl (C=O) groups is 1. The number of rotatable bonds is 50. The molecule has 0 fully saturated rings. The van der Waals surface area contributed by atoms with Crippen molar-refractivity contribution in [1.82, 2.24) is 5.32 Å². The van der Waals surface area contributed by atoms with E-state index >= 15 is 0 Å². The molecule has 0 saturated heterocycles. The van der Waals surface area contributed by atoms with Crippen LogP contribution >= 0.6 is 7.82 Å². The Bertz CT molecular complexity index is 1750. The molecule has 8 nitrogen and oxygen atoms in total. The lowest BCUT2D eigenvalue weighted by Gasteiger charge is -2.29. The van der Waals surface area contributed by atoms with Gasteiger partial charge in [-0.2, -0.15) is 0 Å². The van der Waals surface area contributed by atoms with Crippen LogP contribution in [0.5, 0.6) is 0 Å². The molecule has 0 heterocycles. The number of likely N-dealkylation sites (N-methyl/N-ethyl adjacent to an activating group) is 1. The summed E-state index contributed by atoms with van der Waals surface area (Å²) in [4.78, 5) is 25.4. The second-order valence-electron chi connectivity index (χ2n) is 19.9. The maximum Gasteiger partial charge on any atom is 0.268 e. The van der Waals surface area contributed by atoms with Gasteiger partial charge in [0.15, 0.2) is 0 Å². The van der Waals surface area contributed by atoms with Gasteiger partial charge in [0.25, 0.3) is 7.82 Å². The maximum absolute atomic E-state index is 12.9. The molecule has 0 aromatic carbocycles. The minimum atomic E-state index is -4.61. The fourth-order valence-electron chi connectivity index (χ4n) is 7.23. The van der Waals surface area contributed by atoms with E-state index in [2.05, 4.69) is 165 Å². The van der Waals surface area contributed by atoms with Crippen LogP contribution in [0.4, 0.5) is 0 Å². The van der Waals surface area contributed by atoms with E-state index in [1.165, 1.54) is 51.4 Å². The summed E-state index contributed by atoms with van der Waals surface area (Å²) in [6.07, 6.45) is 84.8. The van der Waals surface area contributed by atoms with E-state index < -0.39 is 26.6 Å². The summed E-state index contributed by atoms with van der Waals surface area (Å²) in [6.45, 7) is 4.44. The molecule has 3 atom stereocenters. The summed E-state index contributed by atoms with van der Waals surface area (Å²) < 4.78 is 23.2. The monoisotopic (exact) mass is 1040 g/mol. The van der Waals surface area contributed by atoms with Crippen LogP contribution in [0.1, 0.15) is 194 Å². The number of aliphatic hydroxyl groups is 1. The Morgan fingerprint density at radius 3 is 1.26 bits per heavy atom. The van der Waals surface area contributed by atoms with Crippen molar-refractivity contribution in [3.63, 3.8) is 0 Å². The molecule has 74 heavy (non-hydrogen) atoms. The predicted molar refractivity (Wildman–Crippen MR) is 320 cm³/mol. The predicted octanol–water partition coefficient (Wildman–Crippen LogP) is 17.2. The molecular formula is C65H107N2O6P. The Balaban J connectivity index is 4.13. The van der Waals surface area contributed by atoms with Crippen LogP contribution in [0, 0.1) is 0 Å². The van der Waals surface area contributed by atoms with Gasteiger partial charge >= 0.3 is 0 Å². The number of nitrogens with zero attached hydrogens (tertiary/aromatic N) is 1. The molecule has 1 amide bonds. The number of unbranched alkanes of at least 4 members (excludes halogenated alkanes) is 13. The molecule has 0 aliphatic rings. The van der Waals surface area contributed by atoms with Crippen molar-refractivity contribution in [1.29, 1.82) is 0 Å². The number of hydrogen-bond donors (Lipinski definition) is 2. The third kappa shape index (κ3) is 55.9. The average molecular weight is 1040 g/mol. The molecule has 0 saturated carbocycles. The highest BCUT2D eigenvalue weighted by atomic mass is 31.2. The van der Waals surface area contributed by atoms with E-state index in [0.717, 1.165) is 122 Å². The molecule has 3 unspecified atom stereocenters. The Morgan fingerprint density at radius 2 is 0.838 bits per heavy atom. The first kappa shape index (κ1) is 70.1. The van der Waals surface area contributed by atoms with Crippen LogP contribution in [-0.2, 0) is 18.4 Å². The van der Waals surface area contributed by atoms with Crippen LogP contribution in [0.25, 0.3) is 0 Å². The van der Waals surface area contributed by atoms with Gasteiger partial charge in [0.2, 0.25) is 5.91 Å². The van der Waals surface area contributed by atoms with E-state index in [0.29, 0.717) is 17.4 Å². The third-order valence-corrected chi connectivity index (χ3v) is 12.7. The Hall–Kier alpha value is -3.88. The van der Waals surface area contributed by atoms with Crippen molar-refractivity contribution < 1.29 is 32.9 Å². The fraction of sp³-hybridized carbons (Fsp3) is 0.585. The lowest BCUT2D eigenvalue weighted by molar-refractivity contribution is -0.870. The lowest BCUT2D eigenvalue weighted by atomic mass is 10.1. The number of carbonyl (C=O) groups excluding carboxylic acids is 1. The standard InChI is InChI=1S/C65H107N2O6P/c1-6-8-10-12-14-16-18-19-20-21-22-23-24-25-26-27-28-29-30-31-32-33-34-35-36-37-38-39-40-41-42-43-44-45-46-47-49-51-53-55-57-59-65(69)66-63(62-73-74(70,71)72-61-60-67(3,4)5)64(68)58-56-54-52-50-48-17-15-13-11-9-7-2/h8,10,14,16,19-20,22-23,25-26,28-29,31-32,34-35,37-38,40-41,43-44,48,50,56,58,63-64,68H,6-7,9,11-13,15,17-18,21,24,27,30,33,36,39,42,45-47,49,51-55,57,59-62H2,1-5H3,(H-,66,69,70,71)/b10-8-,16-14-,20-19-,23-22-,26-25-,29-28-,32-31-,35-34-,38-37-,41-40-,44-43-,50-48+,58-56+. The highest BCUT2D eigenvalue weighted by molar-refractivity contribution is 7.45. The molecule has 0 radical (unpaired) electrons. The van der Waals surface area contributed by atoms with E-state index in [9.17, 15) is 19.4 Å². The van der Waals surface area contributed by atoms with Gasteiger partial charge in [-0.3, -0.25) is 9.36 Å².